The number of ether oxygens (including phenoxy) is 1. The van der Waals surface area contributed by atoms with Gasteiger partial charge in [-0.05, 0) is 38.1 Å². The second-order valence-corrected chi connectivity index (χ2v) is 8.34. The van der Waals surface area contributed by atoms with Crippen molar-refractivity contribution in [1.29, 1.82) is 0 Å². The summed E-state index contributed by atoms with van der Waals surface area (Å²) >= 11 is 0. The molecule has 0 saturated carbocycles. The Bertz CT molecular complexity index is 1180. The summed E-state index contributed by atoms with van der Waals surface area (Å²) in [6.07, 6.45) is 7.30. The van der Waals surface area contributed by atoms with E-state index in [2.05, 4.69) is 43.9 Å². The van der Waals surface area contributed by atoms with Gasteiger partial charge in [0.15, 0.2) is 17.0 Å². The van der Waals surface area contributed by atoms with Crippen LogP contribution in [-0.2, 0) is 4.74 Å². The summed E-state index contributed by atoms with van der Waals surface area (Å²) in [7, 11) is 0. The number of fused-ring (bicyclic) bond motifs is 1. The predicted octanol–water partition coefficient (Wildman–Crippen LogP) is 3.08. The number of anilines is 3. The van der Waals surface area contributed by atoms with E-state index in [1.165, 1.54) is 0 Å². The second kappa shape index (κ2) is 9.55. The van der Waals surface area contributed by atoms with Crippen molar-refractivity contribution in [2.45, 2.75) is 19.9 Å². The Morgan fingerprint density at radius 1 is 1.06 bits per heavy atom. The first-order valence-corrected chi connectivity index (χ1v) is 11.3. The fourth-order valence-corrected chi connectivity index (χ4v) is 3.89. The fourth-order valence-electron chi connectivity index (χ4n) is 3.89. The highest BCUT2D eigenvalue weighted by Gasteiger charge is 2.16. The minimum Gasteiger partial charge on any atom is -0.379 e. The summed E-state index contributed by atoms with van der Waals surface area (Å²) < 4.78 is 9.47. The molecule has 1 saturated heterocycles. The standard InChI is InChI=1S/C23H29N9O/c1-17(2)32-16-26-20-21(25-8-9-30-11-13-33-14-12-30)28-23(29-22(20)32)27-18-3-5-19(6-4-18)31-10-7-24-15-31/h3-7,10,15-17H,8-9,11-14H2,1-2H3,(H2,25,27,28,29). The van der Waals surface area contributed by atoms with Gasteiger partial charge in [-0.15, -0.1) is 0 Å². The maximum absolute atomic E-state index is 5.44. The molecule has 0 bridgehead atoms. The van der Waals surface area contributed by atoms with Crippen LogP contribution < -0.4 is 10.6 Å². The lowest BCUT2D eigenvalue weighted by Gasteiger charge is -2.26. The van der Waals surface area contributed by atoms with Gasteiger partial charge in [0.2, 0.25) is 5.95 Å². The Morgan fingerprint density at radius 3 is 2.61 bits per heavy atom. The van der Waals surface area contributed by atoms with Gasteiger partial charge < -0.3 is 24.5 Å². The molecule has 10 heteroatoms. The molecule has 1 fully saturated rings. The summed E-state index contributed by atoms with van der Waals surface area (Å²) in [6.45, 7) is 9.47. The van der Waals surface area contributed by atoms with Gasteiger partial charge in [-0.3, -0.25) is 4.90 Å². The zero-order valence-electron chi connectivity index (χ0n) is 19.0. The molecule has 1 aromatic carbocycles. The Labute approximate surface area is 192 Å². The number of hydrogen-bond donors (Lipinski definition) is 2. The van der Waals surface area contributed by atoms with E-state index >= 15 is 0 Å². The molecule has 3 aromatic heterocycles. The normalized spacial score (nSPS) is 14.8. The highest BCUT2D eigenvalue weighted by molar-refractivity contribution is 5.84. The average Bonchev–Trinajstić information content (AvgIpc) is 3.51. The molecule has 2 N–H and O–H groups in total. The van der Waals surface area contributed by atoms with E-state index in [1.54, 1.807) is 12.5 Å². The molecule has 1 aliphatic rings. The third kappa shape index (κ3) is 4.81. The van der Waals surface area contributed by atoms with Crippen LogP contribution in [0.15, 0.2) is 49.3 Å². The Hall–Kier alpha value is -3.50. The van der Waals surface area contributed by atoms with Gasteiger partial charge in [0, 0.05) is 56.0 Å². The summed E-state index contributed by atoms with van der Waals surface area (Å²) in [5.74, 6) is 1.28. The zero-order chi connectivity index (χ0) is 22.6. The highest BCUT2D eigenvalue weighted by atomic mass is 16.5. The SMILES string of the molecule is CC(C)n1cnc2c(NCCN3CCOCC3)nc(Nc3ccc(-n4ccnc4)cc3)nc21. The molecule has 10 nitrogen and oxygen atoms in total. The molecule has 33 heavy (non-hydrogen) atoms. The third-order valence-electron chi connectivity index (χ3n) is 5.73. The minimum atomic E-state index is 0.244. The van der Waals surface area contributed by atoms with Crippen molar-refractivity contribution in [2.75, 3.05) is 50.0 Å². The van der Waals surface area contributed by atoms with E-state index in [9.17, 15) is 0 Å². The van der Waals surface area contributed by atoms with Crippen LogP contribution >= 0.6 is 0 Å². The molecule has 0 unspecified atom stereocenters. The van der Waals surface area contributed by atoms with E-state index in [0.29, 0.717) is 5.95 Å². The van der Waals surface area contributed by atoms with E-state index in [-0.39, 0.29) is 6.04 Å². The highest BCUT2D eigenvalue weighted by Crippen LogP contribution is 2.25. The molecule has 0 atom stereocenters. The van der Waals surface area contributed by atoms with Crippen LogP contribution in [0, 0.1) is 0 Å². The monoisotopic (exact) mass is 447 g/mol. The maximum atomic E-state index is 5.44. The molecule has 1 aliphatic heterocycles. The first kappa shape index (κ1) is 21.4. The molecule has 4 heterocycles. The molecule has 5 rings (SSSR count). The Kier molecular flexibility index (Phi) is 6.18. The molecular weight excluding hydrogens is 418 g/mol. The largest absolute Gasteiger partial charge is 0.379 e. The van der Waals surface area contributed by atoms with E-state index in [1.807, 2.05) is 41.4 Å². The molecule has 4 aromatic rings. The summed E-state index contributed by atoms with van der Waals surface area (Å²) in [6, 6.07) is 8.32. The number of aromatic nitrogens is 6. The van der Waals surface area contributed by atoms with Crippen LogP contribution in [0.2, 0.25) is 0 Å². The average molecular weight is 448 g/mol. The van der Waals surface area contributed by atoms with E-state index < -0.39 is 0 Å². The van der Waals surface area contributed by atoms with Crippen LogP contribution in [-0.4, -0.2) is 73.4 Å². The van der Waals surface area contributed by atoms with Crippen LogP contribution in [0.5, 0.6) is 0 Å². The van der Waals surface area contributed by atoms with Crippen molar-refractivity contribution in [1.82, 2.24) is 34.0 Å². The Balaban J connectivity index is 1.37. The van der Waals surface area contributed by atoms with Crippen molar-refractivity contribution >= 4 is 28.6 Å². The van der Waals surface area contributed by atoms with E-state index in [4.69, 9.17) is 14.7 Å². The topological polar surface area (TPSA) is 98.0 Å². The lowest BCUT2D eigenvalue weighted by molar-refractivity contribution is 0.0398. The number of benzene rings is 1. The van der Waals surface area contributed by atoms with Gasteiger partial charge in [0.1, 0.15) is 0 Å². The molecule has 0 aliphatic carbocycles. The minimum absolute atomic E-state index is 0.244. The fraction of sp³-hybridized carbons (Fsp3) is 0.391. The lowest BCUT2D eigenvalue weighted by Crippen LogP contribution is -2.39. The predicted molar refractivity (Wildman–Crippen MR) is 128 cm³/mol. The number of morpholine rings is 1. The summed E-state index contributed by atoms with van der Waals surface area (Å²) in [4.78, 5) is 20.6. The van der Waals surface area contributed by atoms with Gasteiger partial charge in [0.25, 0.3) is 0 Å². The van der Waals surface area contributed by atoms with Crippen LogP contribution in [0.4, 0.5) is 17.5 Å². The number of nitrogens with zero attached hydrogens (tertiary/aromatic N) is 7. The second-order valence-electron chi connectivity index (χ2n) is 8.34. The smallest absolute Gasteiger partial charge is 0.231 e. The van der Waals surface area contributed by atoms with Gasteiger partial charge in [0.05, 0.1) is 25.9 Å². The van der Waals surface area contributed by atoms with Crippen LogP contribution in [0.1, 0.15) is 19.9 Å². The zero-order valence-corrected chi connectivity index (χ0v) is 19.0. The first-order valence-electron chi connectivity index (χ1n) is 11.3. The summed E-state index contributed by atoms with van der Waals surface area (Å²) in [5.41, 5.74) is 3.55. The lowest BCUT2D eigenvalue weighted by atomic mass is 10.3. The van der Waals surface area contributed by atoms with Gasteiger partial charge in [-0.25, -0.2) is 9.97 Å². The number of imidazole rings is 2. The van der Waals surface area contributed by atoms with Crippen molar-refractivity contribution < 1.29 is 4.74 Å². The summed E-state index contributed by atoms with van der Waals surface area (Å²) in [5, 5.41) is 6.83. The van der Waals surface area contributed by atoms with Crippen molar-refractivity contribution in [3.8, 4) is 5.69 Å². The number of rotatable bonds is 8. The number of nitrogens with one attached hydrogen (secondary N) is 2. The van der Waals surface area contributed by atoms with Crippen molar-refractivity contribution in [3.63, 3.8) is 0 Å². The van der Waals surface area contributed by atoms with E-state index in [0.717, 1.165) is 67.7 Å². The maximum Gasteiger partial charge on any atom is 0.231 e. The molecule has 0 radical (unpaired) electrons. The quantitative estimate of drug-likeness (QED) is 0.425. The van der Waals surface area contributed by atoms with Gasteiger partial charge >= 0.3 is 0 Å². The van der Waals surface area contributed by atoms with Crippen LogP contribution in [0.3, 0.4) is 0 Å². The molecular formula is C23H29N9O. The first-order chi connectivity index (χ1) is 16.2. The van der Waals surface area contributed by atoms with Gasteiger partial charge in [-0.2, -0.15) is 9.97 Å². The van der Waals surface area contributed by atoms with Crippen molar-refractivity contribution in [3.05, 3.63) is 49.3 Å². The van der Waals surface area contributed by atoms with Gasteiger partial charge in [-0.1, -0.05) is 0 Å². The van der Waals surface area contributed by atoms with Crippen LogP contribution in [0.25, 0.3) is 16.9 Å². The molecule has 172 valence electrons. The number of hydrogen-bond acceptors (Lipinski definition) is 8. The Morgan fingerprint density at radius 2 is 1.88 bits per heavy atom. The molecule has 0 spiro atoms. The van der Waals surface area contributed by atoms with Crippen molar-refractivity contribution in [2.24, 2.45) is 0 Å². The third-order valence-corrected chi connectivity index (χ3v) is 5.73. The molecule has 0 amide bonds.